The fourth-order valence-corrected chi connectivity index (χ4v) is 5.39. The number of nitrogens with zero attached hydrogens (tertiary/aromatic N) is 1. The van der Waals surface area contributed by atoms with E-state index in [9.17, 15) is 23.1 Å². The fourth-order valence-electron chi connectivity index (χ4n) is 5.39. The summed E-state index contributed by atoms with van der Waals surface area (Å²) in [7, 11) is 0. The van der Waals surface area contributed by atoms with E-state index >= 15 is 0 Å². The van der Waals surface area contributed by atoms with Gasteiger partial charge in [-0.2, -0.15) is 0 Å². The Hall–Kier alpha value is -3.02. The summed E-state index contributed by atoms with van der Waals surface area (Å²) in [5, 5.41) is 12.1. The predicted molar refractivity (Wildman–Crippen MR) is 166 cm³/mol. The number of aliphatic hydroxyl groups is 1. The maximum Gasteiger partial charge on any atom is 0.273 e. The van der Waals surface area contributed by atoms with E-state index in [4.69, 9.17) is 0 Å². The topological polar surface area (TPSA) is 50.2 Å². The van der Waals surface area contributed by atoms with Crippen LogP contribution in [0.15, 0.2) is 60.5 Å². The van der Waals surface area contributed by atoms with Crippen LogP contribution < -0.4 is 0 Å². The van der Waals surface area contributed by atoms with Crippen molar-refractivity contribution in [1.82, 2.24) is 4.98 Å². The van der Waals surface area contributed by atoms with E-state index in [2.05, 4.69) is 11.1 Å². The third-order valence-corrected chi connectivity index (χ3v) is 7.83. The second-order valence-electron chi connectivity index (χ2n) is 11.0. The van der Waals surface area contributed by atoms with Crippen LogP contribution >= 0.6 is 0 Å². The van der Waals surface area contributed by atoms with Crippen molar-refractivity contribution in [2.45, 2.75) is 80.1 Å². The summed E-state index contributed by atoms with van der Waals surface area (Å²) < 4.78 is 42.0. The Labute approximate surface area is 267 Å². The molecule has 0 unspecified atom stereocenters. The molecule has 4 rings (SSSR count). The summed E-state index contributed by atoms with van der Waals surface area (Å²) in [5.74, 6) is -3.56. The van der Waals surface area contributed by atoms with Crippen molar-refractivity contribution in [1.29, 1.82) is 0 Å². The Kier molecular flexibility index (Phi) is 13.1. The number of alkyl halides is 2. The minimum absolute atomic E-state index is 0. The zero-order chi connectivity index (χ0) is 31.2. The summed E-state index contributed by atoms with van der Waals surface area (Å²) in [6, 6.07) is 15.1. The molecule has 0 spiro atoms. The molecule has 3 aromatic carbocycles. The van der Waals surface area contributed by atoms with E-state index in [1.54, 1.807) is 30.5 Å². The number of aliphatic hydroxyl groups excluding tert-OH is 1. The molecule has 233 valence electrons. The number of carbonyl (C=O) groups excluding carboxylic acids is 1. The van der Waals surface area contributed by atoms with Gasteiger partial charge in [-0.3, -0.25) is 4.79 Å². The Morgan fingerprint density at radius 3 is 2.02 bits per heavy atom. The number of hydrogen-bond donors (Lipinski definition) is 1. The normalized spacial score (nSPS) is 12.0. The summed E-state index contributed by atoms with van der Waals surface area (Å²) >= 11 is 0. The molecule has 0 saturated carbocycles. The van der Waals surface area contributed by atoms with Crippen molar-refractivity contribution < 1.29 is 43.2 Å². The molecular formula is C36H41F3IrNO2-. The third-order valence-electron chi connectivity index (χ3n) is 7.83. The second-order valence-corrected chi connectivity index (χ2v) is 11.0. The summed E-state index contributed by atoms with van der Waals surface area (Å²) in [4.78, 5) is 16.2. The van der Waals surface area contributed by atoms with Gasteiger partial charge in [0.1, 0.15) is 5.82 Å². The number of benzene rings is 3. The first kappa shape index (κ1) is 36.2. The molecule has 1 aromatic heterocycles. The van der Waals surface area contributed by atoms with Gasteiger partial charge in [0.15, 0.2) is 5.78 Å². The zero-order valence-corrected chi connectivity index (χ0v) is 28.3. The molecule has 0 saturated heterocycles. The standard InChI is InChI=1S/C23H17F3N.C13H24O2.Ir/c1-13-10-14(2)12-15(11-13)22-19-5-4-18-16(17(19)8-9-27-22)6-7-20(21(18)24)23(3,25)26;1-5-10(6-2)12(14)9-13(15)11(7-3)8-4;/h4-11H,1-3H3;9-11,14H,5-8H2,1-4H3;/q-1;;/b;12-9-;. The van der Waals surface area contributed by atoms with Gasteiger partial charge in [-0.15, -0.1) is 34.9 Å². The minimum Gasteiger partial charge on any atom is -0.512 e. The van der Waals surface area contributed by atoms with Crippen molar-refractivity contribution in [3.8, 4) is 11.3 Å². The summed E-state index contributed by atoms with van der Waals surface area (Å²) in [6.07, 6.45) is 6.56. The molecule has 0 fully saturated rings. The molecule has 0 aliphatic carbocycles. The van der Waals surface area contributed by atoms with Crippen LogP contribution in [-0.2, 0) is 30.8 Å². The smallest absolute Gasteiger partial charge is 0.273 e. The van der Waals surface area contributed by atoms with Gasteiger partial charge in [0.2, 0.25) is 0 Å². The summed E-state index contributed by atoms with van der Waals surface area (Å²) in [5.41, 5.74) is 3.11. The van der Waals surface area contributed by atoms with Gasteiger partial charge in [-0.25, -0.2) is 13.2 Å². The number of pyridine rings is 1. The molecule has 1 radical (unpaired) electrons. The van der Waals surface area contributed by atoms with E-state index in [0.29, 0.717) is 12.3 Å². The third kappa shape index (κ3) is 8.55. The molecule has 1 N–H and O–H groups in total. The molecule has 4 aromatic rings. The summed E-state index contributed by atoms with van der Waals surface area (Å²) in [6.45, 7) is 12.8. The van der Waals surface area contributed by atoms with Crippen molar-refractivity contribution in [3.63, 3.8) is 0 Å². The van der Waals surface area contributed by atoms with Crippen LogP contribution in [0.25, 0.3) is 32.8 Å². The van der Waals surface area contributed by atoms with Crippen molar-refractivity contribution >= 4 is 27.3 Å². The van der Waals surface area contributed by atoms with E-state index in [1.807, 2.05) is 53.7 Å². The largest absolute Gasteiger partial charge is 0.512 e. The Morgan fingerprint density at radius 1 is 0.907 bits per heavy atom. The molecule has 0 aliphatic heterocycles. The molecular weight excluding hydrogens is 728 g/mol. The molecule has 7 heteroatoms. The molecule has 43 heavy (non-hydrogen) atoms. The van der Waals surface area contributed by atoms with E-state index in [0.717, 1.165) is 58.8 Å². The number of fused-ring (bicyclic) bond motifs is 3. The molecule has 0 aliphatic rings. The number of aromatic nitrogens is 1. The average Bonchev–Trinajstić information content (AvgIpc) is 2.93. The number of allylic oxidation sites excluding steroid dienone is 2. The Morgan fingerprint density at radius 2 is 1.47 bits per heavy atom. The number of halogens is 3. The first-order chi connectivity index (χ1) is 19.9. The Bertz CT molecular complexity index is 1570. The van der Waals surface area contributed by atoms with Gasteiger partial charge < -0.3 is 10.1 Å². The van der Waals surface area contributed by atoms with Gasteiger partial charge in [0, 0.05) is 56.5 Å². The SMILES string of the molecule is CCC(CC)C(=O)/C=C(\O)C(CC)CC.Cc1[c-]c(-c2nccc3c2ccc2c(F)c(C(C)(F)F)ccc23)cc(C)c1.[Ir]. The second kappa shape index (κ2) is 15.6. The van der Waals surface area contributed by atoms with E-state index in [1.165, 1.54) is 12.1 Å². The molecule has 3 nitrogen and oxygen atoms in total. The first-order valence-electron chi connectivity index (χ1n) is 14.7. The molecule has 1 heterocycles. The van der Waals surface area contributed by atoms with Crippen molar-refractivity contribution in [2.24, 2.45) is 11.8 Å². The maximum absolute atomic E-state index is 14.7. The number of ketones is 1. The van der Waals surface area contributed by atoms with Crippen LogP contribution in [0.4, 0.5) is 13.2 Å². The quantitative estimate of drug-likeness (QED) is 0.0799. The first-order valence-corrected chi connectivity index (χ1v) is 14.7. The van der Waals surface area contributed by atoms with Crippen LogP contribution in [0.3, 0.4) is 0 Å². The van der Waals surface area contributed by atoms with E-state index < -0.39 is 17.3 Å². The van der Waals surface area contributed by atoms with Gasteiger partial charge >= 0.3 is 0 Å². The minimum atomic E-state index is -3.23. The predicted octanol–water partition coefficient (Wildman–Crippen LogP) is 10.6. The van der Waals surface area contributed by atoms with Gasteiger partial charge in [0.25, 0.3) is 5.92 Å². The van der Waals surface area contributed by atoms with Crippen LogP contribution in [0.2, 0.25) is 0 Å². The monoisotopic (exact) mass is 769 g/mol. The number of aryl methyl sites for hydroxylation is 2. The van der Waals surface area contributed by atoms with Crippen LogP contribution in [0.5, 0.6) is 0 Å². The van der Waals surface area contributed by atoms with E-state index in [-0.39, 0.29) is 48.9 Å². The number of carbonyl (C=O) groups is 1. The van der Waals surface area contributed by atoms with Crippen LogP contribution in [-0.4, -0.2) is 15.9 Å². The maximum atomic E-state index is 14.7. The molecule has 0 bridgehead atoms. The zero-order valence-electron chi connectivity index (χ0n) is 25.9. The average molecular weight is 769 g/mol. The van der Waals surface area contributed by atoms with Gasteiger partial charge in [-0.1, -0.05) is 59.7 Å². The van der Waals surface area contributed by atoms with Crippen molar-refractivity contribution in [2.75, 3.05) is 0 Å². The molecule has 0 atom stereocenters. The van der Waals surface area contributed by atoms with Crippen LogP contribution in [0.1, 0.15) is 77.0 Å². The number of hydrogen-bond acceptors (Lipinski definition) is 3. The van der Waals surface area contributed by atoms with Crippen molar-refractivity contribution in [3.05, 3.63) is 89.1 Å². The van der Waals surface area contributed by atoms with Gasteiger partial charge in [-0.05, 0) is 59.7 Å². The Balaban J connectivity index is 0.000000348. The number of rotatable bonds is 9. The van der Waals surface area contributed by atoms with Gasteiger partial charge in [0.05, 0.1) is 11.3 Å². The fraction of sp³-hybridized carbons (Fsp3) is 0.389. The molecule has 0 amide bonds. The van der Waals surface area contributed by atoms with Crippen LogP contribution in [0, 0.1) is 37.6 Å².